The van der Waals surface area contributed by atoms with E-state index in [-0.39, 0.29) is 11.9 Å². The lowest BCUT2D eigenvalue weighted by atomic mass is 10.2. The van der Waals surface area contributed by atoms with Crippen LogP contribution >= 0.6 is 0 Å². The molecule has 0 saturated carbocycles. The van der Waals surface area contributed by atoms with Crippen molar-refractivity contribution in [3.63, 3.8) is 0 Å². The number of hydrogen-bond acceptors (Lipinski definition) is 2. The van der Waals surface area contributed by atoms with Crippen LogP contribution in [0.2, 0.25) is 0 Å². The van der Waals surface area contributed by atoms with Crippen LogP contribution in [0.4, 0.5) is 0 Å². The van der Waals surface area contributed by atoms with Gasteiger partial charge >= 0.3 is 0 Å². The molecule has 88 valence electrons. The van der Waals surface area contributed by atoms with Crippen molar-refractivity contribution in [2.24, 2.45) is 0 Å². The first-order valence-electron chi connectivity index (χ1n) is 5.70. The molecule has 15 heavy (non-hydrogen) atoms. The van der Waals surface area contributed by atoms with Gasteiger partial charge in [-0.1, -0.05) is 12.5 Å². The lowest BCUT2D eigenvalue weighted by molar-refractivity contribution is -0.121. The molecular formula is C12H24N2O. The van der Waals surface area contributed by atoms with Crippen LogP contribution in [0.3, 0.4) is 0 Å². The highest BCUT2D eigenvalue weighted by molar-refractivity contribution is 5.76. The molecule has 0 bridgehead atoms. The molecule has 3 nitrogen and oxygen atoms in total. The Kier molecular flexibility index (Phi) is 8.01. The van der Waals surface area contributed by atoms with E-state index in [1.54, 1.807) is 0 Å². The van der Waals surface area contributed by atoms with E-state index < -0.39 is 0 Å². The Balaban J connectivity index is 3.35. The Hall–Kier alpha value is -0.830. The average molecular weight is 212 g/mol. The molecule has 0 radical (unpaired) electrons. The zero-order valence-electron chi connectivity index (χ0n) is 10.2. The zero-order valence-corrected chi connectivity index (χ0v) is 10.2. The van der Waals surface area contributed by atoms with Gasteiger partial charge in [-0.3, -0.25) is 4.79 Å². The molecule has 0 aliphatic heterocycles. The molecule has 1 unspecified atom stereocenters. The first kappa shape index (κ1) is 14.2. The molecule has 0 aromatic carbocycles. The summed E-state index contributed by atoms with van der Waals surface area (Å²) < 4.78 is 0. The molecule has 0 aliphatic carbocycles. The molecule has 2 N–H and O–H groups in total. The van der Waals surface area contributed by atoms with Gasteiger partial charge in [-0.05, 0) is 33.2 Å². The van der Waals surface area contributed by atoms with E-state index in [9.17, 15) is 4.79 Å². The Morgan fingerprint density at radius 1 is 1.33 bits per heavy atom. The van der Waals surface area contributed by atoms with Gasteiger partial charge in [-0.25, -0.2) is 0 Å². The molecule has 1 amide bonds. The van der Waals surface area contributed by atoms with Crippen LogP contribution in [0.5, 0.6) is 0 Å². The van der Waals surface area contributed by atoms with Gasteiger partial charge in [0.2, 0.25) is 5.91 Å². The van der Waals surface area contributed by atoms with Crippen LogP contribution < -0.4 is 10.6 Å². The fraction of sp³-hybridized carbons (Fsp3) is 0.750. The summed E-state index contributed by atoms with van der Waals surface area (Å²) in [5.41, 5.74) is 1.17. The third-order valence-electron chi connectivity index (χ3n) is 2.28. The van der Waals surface area contributed by atoms with E-state index in [1.807, 2.05) is 13.8 Å². The molecule has 0 heterocycles. The fourth-order valence-electron chi connectivity index (χ4n) is 1.08. The molecular weight excluding hydrogens is 188 g/mol. The van der Waals surface area contributed by atoms with Crippen LogP contribution in [0.15, 0.2) is 12.2 Å². The molecule has 0 saturated heterocycles. The fourth-order valence-corrected chi connectivity index (χ4v) is 1.08. The minimum atomic E-state index is 0.132. The Labute approximate surface area is 93.3 Å². The summed E-state index contributed by atoms with van der Waals surface area (Å²) in [4.78, 5) is 11.3. The summed E-state index contributed by atoms with van der Waals surface area (Å²) in [5.74, 6) is 0.132. The van der Waals surface area contributed by atoms with Crippen molar-refractivity contribution in [1.29, 1.82) is 0 Å². The third kappa shape index (κ3) is 9.47. The lowest BCUT2D eigenvalue weighted by Gasteiger charge is -2.11. The van der Waals surface area contributed by atoms with E-state index in [4.69, 9.17) is 0 Å². The predicted molar refractivity (Wildman–Crippen MR) is 64.8 cm³/mol. The number of carbonyl (C=O) groups excluding carboxylic acids is 1. The second-order valence-electron chi connectivity index (χ2n) is 4.08. The second-order valence-corrected chi connectivity index (χ2v) is 4.08. The summed E-state index contributed by atoms with van der Waals surface area (Å²) in [6, 6.07) is 0.285. The maximum Gasteiger partial charge on any atom is 0.221 e. The SMILES string of the molecule is C=C(C)CCNCCC(=O)NC(C)CC. The lowest BCUT2D eigenvalue weighted by Crippen LogP contribution is -2.34. The van der Waals surface area contributed by atoms with Crippen LogP contribution in [-0.4, -0.2) is 25.0 Å². The number of carbonyl (C=O) groups is 1. The molecule has 1 atom stereocenters. The minimum Gasteiger partial charge on any atom is -0.354 e. The molecule has 3 heteroatoms. The summed E-state index contributed by atoms with van der Waals surface area (Å²) in [7, 11) is 0. The van der Waals surface area contributed by atoms with Crippen molar-refractivity contribution < 1.29 is 4.79 Å². The number of nitrogens with one attached hydrogen (secondary N) is 2. The monoisotopic (exact) mass is 212 g/mol. The van der Waals surface area contributed by atoms with Crippen molar-refractivity contribution in [2.75, 3.05) is 13.1 Å². The van der Waals surface area contributed by atoms with Gasteiger partial charge in [0.1, 0.15) is 0 Å². The largest absolute Gasteiger partial charge is 0.354 e. The first-order valence-corrected chi connectivity index (χ1v) is 5.70. The van der Waals surface area contributed by atoms with E-state index in [0.29, 0.717) is 6.42 Å². The topological polar surface area (TPSA) is 41.1 Å². The Bertz CT molecular complexity index is 202. The molecule has 0 spiro atoms. The molecule has 0 rings (SSSR count). The van der Waals surface area contributed by atoms with Gasteiger partial charge in [0.25, 0.3) is 0 Å². The minimum absolute atomic E-state index is 0.132. The van der Waals surface area contributed by atoms with Gasteiger partial charge in [0, 0.05) is 19.0 Å². The third-order valence-corrected chi connectivity index (χ3v) is 2.28. The van der Waals surface area contributed by atoms with Crippen LogP contribution in [0, 0.1) is 0 Å². The molecule has 0 aliphatic rings. The van der Waals surface area contributed by atoms with Crippen molar-refractivity contribution in [1.82, 2.24) is 10.6 Å². The highest BCUT2D eigenvalue weighted by Gasteiger charge is 2.03. The molecule has 0 aromatic rings. The summed E-state index contributed by atoms with van der Waals surface area (Å²) in [6.07, 6.45) is 2.52. The standard InChI is InChI=1S/C12H24N2O/c1-5-11(4)14-12(15)7-9-13-8-6-10(2)3/h11,13H,2,5-9H2,1,3-4H3,(H,14,15). The molecule has 0 aromatic heterocycles. The molecule has 0 fully saturated rings. The second kappa shape index (κ2) is 8.48. The van der Waals surface area contributed by atoms with Crippen LogP contribution in [0.25, 0.3) is 0 Å². The Morgan fingerprint density at radius 2 is 1.93 bits per heavy atom. The van der Waals surface area contributed by atoms with Crippen molar-refractivity contribution in [2.45, 2.75) is 46.1 Å². The quantitative estimate of drug-likeness (QED) is 0.476. The van der Waals surface area contributed by atoms with Crippen molar-refractivity contribution in [3.8, 4) is 0 Å². The van der Waals surface area contributed by atoms with E-state index in [2.05, 4.69) is 24.1 Å². The van der Waals surface area contributed by atoms with Gasteiger partial charge in [0.15, 0.2) is 0 Å². The summed E-state index contributed by atoms with van der Waals surface area (Å²) >= 11 is 0. The maximum absolute atomic E-state index is 11.3. The van der Waals surface area contributed by atoms with Crippen molar-refractivity contribution in [3.05, 3.63) is 12.2 Å². The van der Waals surface area contributed by atoms with Gasteiger partial charge in [0.05, 0.1) is 0 Å². The van der Waals surface area contributed by atoms with Crippen LogP contribution in [-0.2, 0) is 4.79 Å². The smallest absolute Gasteiger partial charge is 0.221 e. The van der Waals surface area contributed by atoms with E-state index in [0.717, 1.165) is 25.9 Å². The van der Waals surface area contributed by atoms with E-state index in [1.165, 1.54) is 5.57 Å². The first-order chi connectivity index (χ1) is 7.06. The maximum atomic E-state index is 11.3. The number of amides is 1. The van der Waals surface area contributed by atoms with Gasteiger partial charge < -0.3 is 10.6 Å². The normalized spacial score (nSPS) is 12.2. The zero-order chi connectivity index (χ0) is 11.7. The van der Waals surface area contributed by atoms with Crippen LogP contribution in [0.1, 0.15) is 40.0 Å². The highest BCUT2D eigenvalue weighted by atomic mass is 16.1. The number of rotatable bonds is 8. The summed E-state index contributed by atoms with van der Waals surface area (Å²) in [6.45, 7) is 11.6. The number of hydrogen-bond donors (Lipinski definition) is 2. The summed E-state index contributed by atoms with van der Waals surface area (Å²) in [5, 5.41) is 6.15. The highest BCUT2D eigenvalue weighted by Crippen LogP contribution is 1.92. The van der Waals surface area contributed by atoms with E-state index >= 15 is 0 Å². The predicted octanol–water partition coefficient (Wildman–Crippen LogP) is 1.85. The van der Waals surface area contributed by atoms with Gasteiger partial charge in [-0.2, -0.15) is 0 Å². The Morgan fingerprint density at radius 3 is 2.47 bits per heavy atom. The average Bonchev–Trinajstić information content (AvgIpc) is 2.16. The van der Waals surface area contributed by atoms with Crippen molar-refractivity contribution >= 4 is 5.91 Å². The van der Waals surface area contributed by atoms with Gasteiger partial charge in [-0.15, -0.1) is 6.58 Å².